The predicted octanol–water partition coefficient (Wildman–Crippen LogP) is 5.46. The molecule has 0 unspecified atom stereocenters. The molecule has 1 aliphatic heterocycles. The Morgan fingerprint density at radius 1 is 1.03 bits per heavy atom. The molecule has 1 aromatic heterocycles. The number of hydrogen-bond acceptors (Lipinski definition) is 4. The molecule has 3 aromatic rings. The minimum absolute atomic E-state index is 0.0235. The Kier molecular flexibility index (Phi) is 6.79. The van der Waals surface area contributed by atoms with E-state index in [2.05, 4.69) is 43.7 Å². The molecule has 1 saturated heterocycles. The van der Waals surface area contributed by atoms with Gasteiger partial charge in [-0.05, 0) is 68.3 Å². The van der Waals surface area contributed by atoms with Crippen molar-refractivity contribution in [3.8, 4) is 0 Å². The lowest BCUT2D eigenvalue weighted by atomic mass is 9.91. The van der Waals surface area contributed by atoms with Gasteiger partial charge in [0.15, 0.2) is 0 Å². The van der Waals surface area contributed by atoms with E-state index < -0.39 is 0 Å². The van der Waals surface area contributed by atoms with Gasteiger partial charge in [-0.1, -0.05) is 34.1 Å². The van der Waals surface area contributed by atoms with Crippen molar-refractivity contribution in [1.29, 1.82) is 0 Å². The summed E-state index contributed by atoms with van der Waals surface area (Å²) >= 11 is 3.46. The average molecular weight is 507 g/mol. The zero-order chi connectivity index (χ0) is 23.5. The lowest BCUT2D eigenvalue weighted by molar-refractivity contribution is 0.0602. The Morgan fingerprint density at radius 3 is 2.36 bits per heavy atom. The SMILES string of the molecule is Cc1ccc(C(=O)N2CC(c3ccc(Br)cc3)C2)cc1NC(=O)c1ccc(NC(C)C)nc1. The summed E-state index contributed by atoms with van der Waals surface area (Å²) in [5.41, 5.74) is 3.78. The van der Waals surface area contributed by atoms with E-state index >= 15 is 0 Å². The molecular weight excluding hydrogens is 480 g/mol. The summed E-state index contributed by atoms with van der Waals surface area (Å²) in [6, 6.07) is 17.5. The highest BCUT2D eigenvalue weighted by molar-refractivity contribution is 9.10. The van der Waals surface area contributed by atoms with Crippen molar-refractivity contribution in [2.45, 2.75) is 32.7 Å². The number of aryl methyl sites for hydroxylation is 1. The summed E-state index contributed by atoms with van der Waals surface area (Å²) in [5.74, 6) is 0.795. The van der Waals surface area contributed by atoms with Crippen LogP contribution in [0, 0.1) is 6.92 Å². The number of halogens is 1. The van der Waals surface area contributed by atoms with Crippen LogP contribution in [-0.4, -0.2) is 40.8 Å². The van der Waals surface area contributed by atoms with E-state index in [0.29, 0.717) is 35.8 Å². The minimum atomic E-state index is -0.259. The Bertz CT molecular complexity index is 1150. The summed E-state index contributed by atoms with van der Waals surface area (Å²) < 4.78 is 1.05. The third-order valence-electron chi connectivity index (χ3n) is 5.71. The van der Waals surface area contributed by atoms with E-state index in [-0.39, 0.29) is 17.9 Å². The third-order valence-corrected chi connectivity index (χ3v) is 6.23. The van der Waals surface area contributed by atoms with Crippen molar-refractivity contribution in [1.82, 2.24) is 9.88 Å². The van der Waals surface area contributed by atoms with Crippen LogP contribution >= 0.6 is 15.9 Å². The minimum Gasteiger partial charge on any atom is -0.368 e. The Balaban J connectivity index is 1.41. The number of aromatic nitrogens is 1. The quantitative estimate of drug-likeness (QED) is 0.465. The van der Waals surface area contributed by atoms with Gasteiger partial charge < -0.3 is 15.5 Å². The molecule has 1 aliphatic rings. The van der Waals surface area contributed by atoms with Crippen molar-refractivity contribution < 1.29 is 9.59 Å². The van der Waals surface area contributed by atoms with Crippen LogP contribution in [0.1, 0.15) is 51.6 Å². The van der Waals surface area contributed by atoms with Crippen LogP contribution in [0.4, 0.5) is 11.5 Å². The monoisotopic (exact) mass is 506 g/mol. The molecule has 4 rings (SSSR count). The van der Waals surface area contributed by atoms with E-state index in [9.17, 15) is 9.59 Å². The van der Waals surface area contributed by atoms with Crippen molar-refractivity contribution >= 4 is 39.2 Å². The highest BCUT2D eigenvalue weighted by atomic mass is 79.9. The Labute approximate surface area is 202 Å². The summed E-state index contributed by atoms with van der Waals surface area (Å²) in [6.07, 6.45) is 1.55. The number of hydrogen-bond donors (Lipinski definition) is 2. The second-order valence-corrected chi connectivity index (χ2v) is 9.59. The predicted molar refractivity (Wildman–Crippen MR) is 135 cm³/mol. The van der Waals surface area contributed by atoms with E-state index in [1.54, 1.807) is 24.4 Å². The topological polar surface area (TPSA) is 74.3 Å². The molecule has 2 heterocycles. The van der Waals surface area contributed by atoms with Gasteiger partial charge >= 0.3 is 0 Å². The first kappa shape index (κ1) is 23.0. The Hall–Kier alpha value is -3.19. The van der Waals surface area contributed by atoms with Crippen molar-refractivity contribution in [3.05, 3.63) is 87.5 Å². The second-order valence-electron chi connectivity index (χ2n) is 8.67. The summed E-state index contributed by atoms with van der Waals surface area (Å²) in [5, 5.41) is 6.12. The number of carbonyl (C=O) groups excluding carboxylic acids is 2. The number of rotatable bonds is 6. The number of nitrogens with one attached hydrogen (secondary N) is 2. The summed E-state index contributed by atoms with van der Waals surface area (Å²) in [4.78, 5) is 31.9. The zero-order valence-electron chi connectivity index (χ0n) is 18.9. The number of amides is 2. The maximum atomic E-state index is 13.0. The van der Waals surface area contributed by atoms with Crippen LogP contribution in [-0.2, 0) is 0 Å². The first-order valence-corrected chi connectivity index (χ1v) is 11.8. The van der Waals surface area contributed by atoms with Crippen LogP contribution in [0.3, 0.4) is 0 Å². The van der Waals surface area contributed by atoms with Crippen molar-refractivity contribution in [3.63, 3.8) is 0 Å². The molecule has 1 fully saturated rings. The van der Waals surface area contributed by atoms with Gasteiger partial charge in [0.1, 0.15) is 5.82 Å². The van der Waals surface area contributed by atoms with Gasteiger partial charge in [-0.15, -0.1) is 0 Å². The molecule has 0 bridgehead atoms. The number of likely N-dealkylation sites (tertiary alicyclic amines) is 1. The van der Waals surface area contributed by atoms with Gasteiger partial charge in [0, 0.05) is 47.0 Å². The normalized spacial score (nSPS) is 13.5. The largest absolute Gasteiger partial charge is 0.368 e. The molecule has 7 heteroatoms. The average Bonchev–Trinajstić information content (AvgIpc) is 2.75. The molecule has 170 valence electrons. The van der Waals surface area contributed by atoms with Crippen LogP contribution in [0.5, 0.6) is 0 Å². The molecule has 0 atom stereocenters. The van der Waals surface area contributed by atoms with E-state index in [1.807, 2.05) is 49.9 Å². The third kappa shape index (κ3) is 5.42. The molecule has 33 heavy (non-hydrogen) atoms. The number of anilines is 2. The molecule has 6 nitrogen and oxygen atoms in total. The van der Waals surface area contributed by atoms with Crippen molar-refractivity contribution in [2.24, 2.45) is 0 Å². The zero-order valence-corrected chi connectivity index (χ0v) is 20.5. The van der Waals surface area contributed by atoms with Gasteiger partial charge in [0.2, 0.25) is 0 Å². The second kappa shape index (κ2) is 9.75. The molecule has 0 radical (unpaired) electrons. The van der Waals surface area contributed by atoms with Gasteiger partial charge in [-0.25, -0.2) is 4.98 Å². The molecular formula is C26H27BrN4O2. The lowest BCUT2D eigenvalue weighted by Crippen LogP contribution is -2.48. The maximum absolute atomic E-state index is 13.0. The fraction of sp³-hybridized carbons (Fsp3) is 0.269. The van der Waals surface area contributed by atoms with Crippen LogP contribution in [0.15, 0.2) is 65.3 Å². The van der Waals surface area contributed by atoms with Crippen LogP contribution in [0.25, 0.3) is 0 Å². The van der Waals surface area contributed by atoms with Crippen molar-refractivity contribution in [2.75, 3.05) is 23.7 Å². The number of nitrogens with zero attached hydrogens (tertiary/aromatic N) is 2. The number of carbonyl (C=O) groups is 2. The van der Waals surface area contributed by atoms with Crippen LogP contribution < -0.4 is 10.6 Å². The van der Waals surface area contributed by atoms with Gasteiger partial charge in [-0.3, -0.25) is 9.59 Å². The maximum Gasteiger partial charge on any atom is 0.257 e. The first-order valence-electron chi connectivity index (χ1n) is 11.0. The van der Waals surface area contributed by atoms with Gasteiger partial charge in [0.25, 0.3) is 11.8 Å². The fourth-order valence-electron chi connectivity index (χ4n) is 3.77. The van der Waals surface area contributed by atoms with E-state index in [0.717, 1.165) is 15.9 Å². The molecule has 2 aromatic carbocycles. The number of benzene rings is 2. The first-order chi connectivity index (χ1) is 15.8. The standard InChI is InChI=1S/C26H27BrN4O2/c1-16(2)29-24-11-8-20(13-28-24)25(32)30-23-12-19(5-4-17(23)3)26(33)31-14-21(15-31)18-6-9-22(27)10-7-18/h4-13,16,21H,14-15H2,1-3H3,(H,28,29)(H,30,32). The van der Waals surface area contributed by atoms with Gasteiger partial charge in [0.05, 0.1) is 5.56 Å². The summed E-state index contributed by atoms with van der Waals surface area (Å²) in [7, 11) is 0. The smallest absolute Gasteiger partial charge is 0.257 e. The fourth-order valence-corrected chi connectivity index (χ4v) is 4.03. The van der Waals surface area contributed by atoms with Crippen LogP contribution in [0.2, 0.25) is 0 Å². The number of pyridine rings is 1. The molecule has 0 aliphatic carbocycles. The van der Waals surface area contributed by atoms with E-state index in [4.69, 9.17) is 0 Å². The molecule has 0 saturated carbocycles. The Morgan fingerprint density at radius 2 is 1.73 bits per heavy atom. The molecule has 0 spiro atoms. The summed E-state index contributed by atoms with van der Waals surface area (Å²) in [6.45, 7) is 7.35. The van der Waals surface area contributed by atoms with E-state index in [1.165, 1.54) is 5.56 Å². The lowest BCUT2D eigenvalue weighted by Gasteiger charge is -2.39. The molecule has 2 N–H and O–H groups in total. The van der Waals surface area contributed by atoms with Gasteiger partial charge in [-0.2, -0.15) is 0 Å². The highest BCUT2D eigenvalue weighted by Crippen LogP contribution is 2.30. The molecule has 2 amide bonds. The highest BCUT2D eigenvalue weighted by Gasteiger charge is 2.32.